The molecular formula is C16H20N6O. The van der Waals surface area contributed by atoms with Gasteiger partial charge >= 0.3 is 0 Å². The van der Waals surface area contributed by atoms with E-state index in [2.05, 4.69) is 25.2 Å². The van der Waals surface area contributed by atoms with Crippen LogP contribution in [0.15, 0.2) is 36.9 Å². The van der Waals surface area contributed by atoms with Gasteiger partial charge in [0.15, 0.2) is 11.5 Å². The van der Waals surface area contributed by atoms with Crippen molar-refractivity contribution < 1.29 is 4.79 Å². The molecule has 3 heterocycles. The minimum atomic E-state index is -0.257. The Morgan fingerprint density at radius 1 is 1.17 bits per heavy atom. The normalized spacial score (nSPS) is 15.4. The summed E-state index contributed by atoms with van der Waals surface area (Å²) >= 11 is 0. The van der Waals surface area contributed by atoms with Crippen LogP contribution in [0, 0.1) is 5.92 Å². The predicted molar refractivity (Wildman–Crippen MR) is 88.0 cm³/mol. The van der Waals surface area contributed by atoms with Crippen LogP contribution in [-0.4, -0.2) is 40.5 Å². The number of pyridine rings is 1. The molecule has 23 heavy (non-hydrogen) atoms. The second kappa shape index (κ2) is 7.04. The zero-order valence-electron chi connectivity index (χ0n) is 12.9. The number of hydrogen-bond donors (Lipinski definition) is 2. The summed E-state index contributed by atoms with van der Waals surface area (Å²) in [7, 11) is 0. The third kappa shape index (κ3) is 3.74. The van der Waals surface area contributed by atoms with E-state index in [-0.39, 0.29) is 17.4 Å². The fourth-order valence-electron chi connectivity index (χ4n) is 2.79. The zero-order valence-corrected chi connectivity index (χ0v) is 12.9. The molecule has 3 N–H and O–H groups in total. The molecule has 2 aromatic rings. The van der Waals surface area contributed by atoms with Gasteiger partial charge in [0.05, 0.1) is 0 Å². The summed E-state index contributed by atoms with van der Waals surface area (Å²) < 4.78 is 0. The molecule has 7 heteroatoms. The maximum atomic E-state index is 12.1. The van der Waals surface area contributed by atoms with Crippen molar-refractivity contribution >= 4 is 17.4 Å². The van der Waals surface area contributed by atoms with Crippen LogP contribution in [0.5, 0.6) is 0 Å². The summed E-state index contributed by atoms with van der Waals surface area (Å²) in [5, 5.41) is 2.91. The predicted octanol–water partition coefficient (Wildman–Crippen LogP) is 1.10. The molecule has 2 aromatic heterocycles. The highest BCUT2D eigenvalue weighted by Gasteiger charge is 2.21. The Labute approximate surface area is 135 Å². The lowest BCUT2D eigenvalue weighted by Crippen LogP contribution is -2.39. The van der Waals surface area contributed by atoms with Crippen LogP contribution in [0.2, 0.25) is 0 Å². The lowest BCUT2D eigenvalue weighted by molar-refractivity contribution is 0.0940. The van der Waals surface area contributed by atoms with Crippen LogP contribution in [-0.2, 0) is 0 Å². The van der Waals surface area contributed by atoms with Crippen molar-refractivity contribution in [3.05, 3.63) is 42.6 Å². The monoisotopic (exact) mass is 312 g/mol. The molecule has 1 aliphatic heterocycles. The summed E-state index contributed by atoms with van der Waals surface area (Å²) in [5.74, 6) is 0.375. The summed E-state index contributed by atoms with van der Waals surface area (Å²) in [6.07, 6.45) is 8.65. The minimum absolute atomic E-state index is 0.164. The molecule has 0 aliphatic carbocycles. The average molecular weight is 312 g/mol. The maximum Gasteiger partial charge on any atom is 0.273 e. The number of hydrogen-bond acceptors (Lipinski definition) is 6. The van der Waals surface area contributed by atoms with Crippen molar-refractivity contribution in [2.45, 2.75) is 12.8 Å². The summed E-state index contributed by atoms with van der Waals surface area (Å²) in [6.45, 7) is 2.61. The van der Waals surface area contributed by atoms with Crippen molar-refractivity contribution in [3.63, 3.8) is 0 Å². The highest BCUT2D eigenvalue weighted by atomic mass is 16.1. The third-order valence-corrected chi connectivity index (χ3v) is 4.14. The summed E-state index contributed by atoms with van der Waals surface area (Å²) in [4.78, 5) is 26.3. The minimum Gasteiger partial charge on any atom is -0.382 e. The van der Waals surface area contributed by atoms with Crippen LogP contribution in [0.1, 0.15) is 23.3 Å². The average Bonchev–Trinajstić information content (AvgIpc) is 2.61. The standard InChI is InChI=1S/C16H20N6O/c17-15-14(19-7-8-20-15)16(23)21-11-12-3-9-22(10-4-12)13-1-5-18-6-2-13/h1-2,5-8,12H,3-4,9-11H2,(H2,17,20)(H,21,23). The number of carbonyl (C=O) groups excluding carboxylic acids is 1. The van der Waals surface area contributed by atoms with E-state index >= 15 is 0 Å². The number of anilines is 2. The van der Waals surface area contributed by atoms with Gasteiger partial charge in [-0.1, -0.05) is 0 Å². The van der Waals surface area contributed by atoms with E-state index in [1.54, 1.807) is 0 Å². The van der Waals surface area contributed by atoms with Gasteiger partial charge < -0.3 is 16.0 Å². The molecule has 120 valence electrons. The molecule has 0 unspecified atom stereocenters. The van der Waals surface area contributed by atoms with Crippen LogP contribution >= 0.6 is 0 Å². The van der Waals surface area contributed by atoms with Gasteiger partial charge in [0.2, 0.25) is 0 Å². The van der Waals surface area contributed by atoms with Gasteiger partial charge in [0, 0.05) is 50.1 Å². The molecule has 3 rings (SSSR count). The Bertz CT molecular complexity index is 655. The van der Waals surface area contributed by atoms with Crippen LogP contribution in [0.25, 0.3) is 0 Å². The lowest BCUT2D eigenvalue weighted by atomic mass is 9.96. The van der Waals surface area contributed by atoms with Crippen molar-refractivity contribution in [2.75, 3.05) is 30.3 Å². The topological polar surface area (TPSA) is 97.0 Å². The number of nitrogens with two attached hydrogens (primary N) is 1. The number of nitrogens with one attached hydrogen (secondary N) is 1. The van der Waals surface area contributed by atoms with E-state index in [0.29, 0.717) is 12.5 Å². The second-order valence-electron chi connectivity index (χ2n) is 5.64. The van der Waals surface area contributed by atoms with Crippen LogP contribution < -0.4 is 16.0 Å². The highest BCUT2D eigenvalue weighted by Crippen LogP contribution is 2.22. The van der Waals surface area contributed by atoms with Crippen LogP contribution in [0.4, 0.5) is 11.5 Å². The fraction of sp³-hybridized carbons (Fsp3) is 0.375. The number of amides is 1. The van der Waals surface area contributed by atoms with Crippen molar-refractivity contribution in [2.24, 2.45) is 5.92 Å². The zero-order chi connectivity index (χ0) is 16.1. The molecule has 0 radical (unpaired) electrons. The molecule has 0 aromatic carbocycles. The van der Waals surface area contributed by atoms with E-state index in [9.17, 15) is 4.79 Å². The highest BCUT2D eigenvalue weighted by molar-refractivity contribution is 5.96. The first-order chi connectivity index (χ1) is 11.2. The number of rotatable bonds is 4. The van der Waals surface area contributed by atoms with Gasteiger partial charge in [0.25, 0.3) is 5.91 Å². The summed E-state index contributed by atoms with van der Waals surface area (Å²) in [5.41, 5.74) is 7.07. The number of aromatic nitrogens is 3. The quantitative estimate of drug-likeness (QED) is 0.877. The van der Waals surface area contributed by atoms with E-state index < -0.39 is 0 Å². The Kier molecular flexibility index (Phi) is 4.65. The maximum absolute atomic E-state index is 12.1. The summed E-state index contributed by atoms with van der Waals surface area (Å²) in [6, 6.07) is 4.05. The van der Waals surface area contributed by atoms with E-state index in [0.717, 1.165) is 25.9 Å². The van der Waals surface area contributed by atoms with Gasteiger partial charge in [-0.25, -0.2) is 9.97 Å². The van der Waals surface area contributed by atoms with Crippen molar-refractivity contribution in [1.82, 2.24) is 20.3 Å². The van der Waals surface area contributed by atoms with Gasteiger partial charge in [-0.15, -0.1) is 0 Å². The Hall–Kier alpha value is -2.70. The molecule has 0 bridgehead atoms. The Balaban J connectivity index is 1.48. The number of nitrogen functional groups attached to an aromatic ring is 1. The van der Waals surface area contributed by atoms with E-state index in [4.69, 9.17) is 5.73 Å². The number of nitrogens with zero attached hydrogens (tertiary/aromatic N) is 4. The molecule has 0 spiro atoms. The first-order valence-electron chi connectivity index (χ1n) is 7.73. The lowest BCUT2D eigenvalue weighted by Gasteiger charge is -2.33. The molecule has 7 nitrogen and oxygen atoms in total. The molecule has 1 aliphatic rings. The fourth-order valence-corrected chi connectivity index (χ4v) is 2.79. The van der Waals surface area contributed by atoms with Crippen molar-refractivity contribution in [3.8, 4) is 0 Å². The van der Waals surface area contributed by atoms with Gasteiger partial charge in [-0.3, -0.25) is 9.78 Å². The van der Waals surface area contributed by atoms with E-state index in [1.807, 2.05) is 24.5 Å². The van der Waals surface area contributed by atoms with E-state index in [1.165, 1.54) is 18.1 Å². The van der Waals surface area contributed by atoms with Gasteiger partial charge in [-0.2, -0.15) is 0 Å². The molecule has 1 saturated heterocycles. The van der Waals surface area contributed by atoms with Gasteiger partial charge in [0.1, 0.15) is 0 Å². The van der Waals surface area contributed by atoms with Crippen molar-refractivity contribution in [1.29, 1.82) is 0 Å². The Morgan fingerprint density at radius 2 is 1.87 bits per heavy atom. The molecule has 1 fully saturated rings. The second-order valence-corrected chi connectivity index (χ2v) is 5.64. The molecule has 0 atom stereocenters. The first-order valence-corrected chi connectivity index (χ1v) is 7.73. The largest absolute Gasteiger partial charge is 0.382 e. The molecule has 1 amide bonds. The SMILES string of the molecule is Nc1nccnc1C(=O)NCC1CCN(c2ccncc2)CC1. The third-order valence-electron chi connectivity index (χ3n) is 4.14. The molecular weight excluding hydrogens is 292 g/mol. The number of piperidine rings is 1. The Morgan fingerprint density at radius 3 is 2.57 bits per heavy atom. The first kappa shape index (κ1) is 15.2. The van der Waals surface area contributed by atoms with Gasteiger partial charge in [-0.05, 0) is 30.9 Å². The molecule has 0 saturated carbocycles. The smallest absolute Gasteiger partial charge is 0.273 e. The van der Waals surface area contributed by atoms with Crippen LogP contribution in [0.3, 0.4) is 0 Å². The number of carbonyl (C=O) groups is 1.